The number of likely N-dealkylation sites (tertiary alicyclic amines) is 1. The van der Waals surface area contributed by atoms with Crippen molar-refractivity contribution in [3.8, 4) is 0 Å². The van der Waals surface area contributed by atoms with Crippen LogP contribution in [0.5, 0.6) is 0 Å². The lowest BCUT2D eigenvalue weighted by Crippen LogP contribution is -2.41. The molecule has 0 aromatic heterocycles. The lowest BCUT2D eigenvalue weighted by Gasteiger charge is -2.34. The monoisotopic (exact) mass is 423 g/mol. The number of ketones is 1. The van der Waals surface area contributed by atoms with Crippen LogP contribution in [0.1, 0.15) is 42.4 Å². The molecular weight excluding hydrogens is 390 g/mol. The zero-order valence-corrected chi connectivity index (χ0v) is 18.8. The highest BCUT2D eigenvalue weighted by molar-refractivity contribution is 5.97. The molecule has 32 heavy (non-hydrogen) atoms. The third-order valence-electron chi connectivity index (χ3n) is 7.75. The van der Waals surface area contributed by atoms with Gasteiger partial charge in [-0.15, -0.1) is 0 Å². The molecule has 1 heterocycles. The van der Waals surface area contributed by atoms with Crippen LogP contribution in [-0.4, -0.2) is 30.3 Å². The molecule has 1 saturated heterocycles. The maximum absolute atomic E-state index is 14.0. The molecule has 2 fully saturated rings. The second-order valence-electron chi connectivity index (χ2n) is 9.67. The average Bonchev–Trinajstić information content (AvgIpc) is 3.19. The number of hydrogen-bond donors (Lipinski definition) is 0. The summed E-state index contributed by atoms with van der Waals surface area (Å²) in [6.45, 7) is 3.15. The van der Waals surface area contributed by atoms with Crippen molar-refractivity contribution in [2.45, 2.75) is 37.5 Å². The van der Waals surface area contributed by atoms with E-state index >= 15 is 0 Å². The van der Waals surface area contributed by atoms with Gasteiger partial charge in [0.25, 0.3) is 0 Å². The van der Waals surface area contributed by atoms with Crippen molar-refractivity contribution < 1.29 is 4.79 Å². The molecule has 164 valence electrons. The maximum atomic E-state index is 14.0. The Balaban J connectivity index is 1.27. The van der Waals surface area contributed by atoms with Gasteiger partial charge in [-0.05, 0) is 67.8 Å². The number of rotatable bonds is 6. The van der Waals surface area contributed by atoms with Crippen LogP contribution in [-0.2, 0) is 16.6 Å². The normalized spacial score (nSPS) is 21.6. The lowest BCUT2D eigenvalue weighted by molar-refractivity contribution is -0.124. The van der Waals surface area contributed by atoms with Crippen LogP contribution in [0, 0.1) is 11.8 Å². The molecule has 3 aromatic rings. The molecule has 0 spiro atoms. The van der Waals surface area contributed by atoms with E-state index in [1.807, 2.05) is 12.1 Å². The Labute approximate surface area is 192 Å². The summed E-state index contributed by atoms with van der Waals surface area (Å²) in [6, 6.07) is 31.8. The van der Waals surface area contributed by atoms with Crippen LogP contribution in [0.4, 0.5) is 0 Å². The summed E-state index contributed by atoms with van der Waals surface area (Å²) in [5, 5.41) is 0. The van der Waals surface area contributed by atoms with Crippen molar-refractivity contribution in [3.05, 3.63) is 108 Å². The third kappa shape index (κ3) is 4.17. The molecule has 1 aliphatic carbocycles. The number of carbonyl (C=O) groups excluding carboxylic acids is 1. The standard InChI is InChI=1S/C30H33NO/c32-29-26(23-31-20-17-25(18-21-31)22-24-10-4-1-5-11-24)16-19-30(29,27-12-6-2-7-13-27)28-14-8-3-9-15-28/h1-15,25-26H,16-23H2. The van der Waals surface area contributed by atoms with Crippen LogP contribution < -0.4 is 0 Å². The second-order valence-corrected chi connectivity index (χ2v) is 9.67. The number of Topliss-reactive ketones (excluding diaryl/α,β-unsaturated/α-hetero) is 1. The molecule has 0 amide bonds. The van der Waals surface area contributed by atoms with E-state index in [0.717, 1.165) is 49.5 Å². The summed E-state index contributed by atoms with van der Waals surface area (Å²) in [7, 11) is 0. The van der Waals surface area contributed by atoms with Crippen LogP contribution in [0.3, 0.4) is 0 Å². The topological polar surface area (TPSA) is 20.3 Å². The molecule has 0 N–H and O–H groups in total. The van der Waals surface area contributed by atoms with E-state index in [2.05, 4.69) is 83.8 Å². The highest BCUT2D eigenvalue weighted by Crippen LogP contribution is 2.46. The van der Waals surface area contributed by atoms with Crippen LogP contribution in [0.15, 0.2) is 91.0 Å². The van der Waals surface area contributed by atoms with E-state index in [-0.39, 0.29) is 5.92 Å². The van der Waals surface area contributed by atoms with Crippen molar-refractivity contribution in [1.29, 1.82) is 0 Å². The van der Waals surface area contributed by atoms with Crippen molar-refractivity contribution in [2.24, 2.45) is 11.8 Å². The van der Waals surface area contributed by atoms with E-state index in [0.29, 0.717) is 5.78 Å². The molecule has 1 unspecified atom stereocenters. The fourth-order valence-corrected chi connectivity index (χ4v) is 5.99. The van der Waals surface area contributed by atoms with E-state index < -0.39 is 5.41 Å². The Bertz CT molecular complexity index is 967. The van der Waals surface area contributed by atoms with Gasteiger partial charge >= 0.3 is 0 Å². The minimum absolute atomic E-state index is 0.126. The van der Waals surface area contributed by atoms with E-state index in [4.69, 9.17) is 0 Å². The molecule has 2 heteroatoms. The van der Waals surface area contributed by atoms with Crippen molar-refractivity contribution in [3.63, 3.8) is 0 Å². The van der Waals surface area contributed by atoms with Crippen molar-refractivity contribution in [2.75, 3.05) is 19.6 Å². The zero-order chi connectivity index (χ0) is 21.8. The van der Waals surface area contributed by atoms with E-state index in [9.17, 15) is 4.79 Å². The van der Waals surface area contributed by atoms with E-state index in [1.165, 1.54) is 24.8 Å². The van der Waals surface area contributed by atoms with Gasteiger partial charge in [-0.2, -0.15) is 0 Å². The Morgan fingerprint density at radius 1 is 0.719 bits per heavy atom. The van der Waals surface area contributed by atoms with Gasteiger partial charge in [0.15, 0.2) is 5.78 Å². The summed E-state index contributed by atoms with van der Waals surface area (Å²) in [5.41, 5.74) is 3.27. The fraction of sp³-hybridized carbons (Fsp3) is 0.367. The fourth-order valence-electron chi connectivity index (χ4n) is 5.99. The summed E-state index contributed by atoms with van der Waals surface area (Å²) in [6.07, 6.45) is 5.54. The number of nitrogens with zero attached hydrogens (tertiary/aromatic N) is 1. The van der Waals surface area contributed by atoms with Gasteiger partial charge in [0.05, 0.1) is 5.41 Å². The van der Waals surface area contributed by atoms with Gasteiger partial charge < -0.3 is 4.90 Å². The smallest absolute Gasteiger partial charge is 0.152 e. The van der Waals surface area contributed by atoms with Gasteiger partial charge in [0.2, 0.25) is 0 Å². The number of carbonyl (C=O) groups is 1. The van der Waals surface area contributed by atoms with Crippen molar-refractivity contribution >= 4 is 5.78 Å². The Morgan fingerprint density at radius 3 is 1.81 bits per heavy atom. The van der Waals surface area contributed by atoms with Gasteiger partial charge in [-0.25, -0.2) is 0 Å². The highest BCUT2D eigenvalue weighted by atomic mass is 16.1. The summed E-state index contributed by atoms with van der Waals surface area (Å²) < 4.78 is 0. The Hall–Kier alpha value is -2.71. The maximum Gasteiger partial charge on any atom is 0.152 e. The molecule has 1 atom stereocenters. The van der Waals surface area contributed by atoms with Crippen LogP contribution >= 0.6 is 0 Å². The van der Waals surface area contributed by atoms with E-state index in [1.54, 1.807) is 0 Å². The number of hydrogen-bond acceptors (Lipinski definition) is 2. The molecule has 2 aliphatic rings. The minimum atomic E-state index is -0.487. The van der Waals surface area contributed by atoms with Crippen LogP contribution in [0.2, 0.25) is 0 Å². The number of piperidine rings is 1. The quantitative estimate of drug-likeness (QED) is 0.491. The largest absolute Gasteiger partial charge is 0.303 e. The van der Waals surface area contributed by atoms with Gasteiger partial charge in [0.1, 0.15) is 0 Å². The third-order valence-corrected chi connectivity index (χ3v) is 7.75. The molecule has 3 aromatic carbocycles. The van der Waals surface area contributed by atoms with Crippen LogP contribution in [0.25, 0.3) is 0 Å². The highest BCUT2D eigenvalue weighted by Gasteiger charge is 2.50. The van der Waals surface area contributed by atoms with Gasteiger partial charge in [-0.3, -0.25) is 4.79 Å². The second kappa shape index (κ2) is 9.42. The molecular formula is C30H33NO. The summed E-state index contributed by atoms with van der Waals surface area (Å²) in [4.78, 5) is 16.5. The lowest BCUT2D eigenvalue weighted by atomic mass is 9.71. The Kier molecular flexibility index (Phi) is 6.23. The molecule has 1 saturated carbocycles. The molecule has 0 bridgehead atoms. The predicted octanol–water partition coefficient (Wildman–Crippen LogP) is 5.91. The molecule has 2 nitrogen and oxygen atoms in total. The zero-order valence-electron chi connectivity index (χ0n) is 18.8. The summed E-state index contributed by atoms with van der Waals surface area (Å²) >= 11 is 0. The van der Waals surface area contributed by atoms with Gasteiger partial charge in [0, 0.05) is 12.5 Å². The first-order chi connectivity index (χ1) is 15.8. The number of benzene rings is 3. The average molecular weight is 424 g/mol. The van der Waals surface area contributed by atoms with Crippen molar-refractivity contribution in [1.82, 2.24) is 4.90 Å². The minimum Gasteiger partial charge on any atom is -0.303 e. The SMILES string of the molecule is O=C1C(CN2CCC(Cc3ccccc3)CC2)CCC1(c1ccccc1)c1ccccc1. The first-order valence-corrected chi connectivity index (χ1v) is 12.2. The first-order valence-electron chi connectivity index (χ1n) is 12.2. The molecule has 1 aliphatic heterocycles. The first kappa shape index (κ1) is 21.2. The molecule has 0 radical (unpaired) electrons. The van der Waals surface area contributed by atoms with Gasteiger partial charge in [-0.1, -0.05) is 91.0 Å². The molecule has 5 rings (SSSR count). The summed E-state index contributed by atoms with van der Waals surface area (Å²) in [5.74, 6) is 1.31. The Morgan fingerprint density at radius 2 is 1.25 bits per heavy atom. The predicted molar refractivity (Wildman–Crippen MR) is 131 cm³/mol.